The highest BCUT2D eigenvalue weighted by Crippen LogP contribution is 2.10. The third kappa shape index (κ3) is 5.17. The molecule has 0 aliphatic carbocycles. The lowest BCUT2D eigenvalue weighted by molar-refractivity contribution is -0.0213. The Labute approximate surface area is 154 Å². The Morgan fingerprint density at radius 3 is 2.65 bits per heavy atom. The zero-order valence-corrected chi connectivity index (χ0v) is 15.2. The van der Waals surface area contributed by atoms with E-state index in [0.717, 1.165) is 18.7 Å². The minimum atomic E-state index is -0.982. The molecule has 1 aliphatic heterocycles. The molecule has 1 aromatic heterocycles. The van der Waals surface area contributed by atoms with Crippen LogP contribution in [0.5, 0.6) is 0 Å². The second-order valence-electron chi connectivity index (χ2n) is 7.08. The number of aromatic nitrogens is 1. The minimum Gasteiger partial charge on any atom is -0.387 e. The first kappa shape index (κ1) is 18.6. The van der Waals surface area contributed by atoms with Gasteiger partial charge in [-0.25, -0.2) is 0 Å². The van der Waals surface area contributed by atoms with Crippen LogP contribution in [-0.2, 0) is 11.3 Å². The average molecular weight is 357 g/mol. The molecular formula is C20H27N3O3. The van der Waals surface area contributed by atoms with Gasteiger partial charge in [-0.05, 0) is 24.6 Å². The normalized spacial score (nSPS) is 17.6. The van der Waals surface area contributed by atoms with E-state index < -0.39 is 5.60 Å². The molecule has 2 heterocycles. The maximum Gasteiger partial charge on any atom is 0.268 e. The molecule has 2 N–H and O–H groups in total. The molecule has 1 saturated heterocycles. The maximum atomic E-state index is 12.6. The molecule has 3 rings (SSSR count). The van der Waals surface area contributed by atoms with Gasteiger partial charge in [0.1, 0.15) is 5.69 Å². The van der Waals surface area contributed by atoms with Crippen LogP contribution in [-0.4, -0.2) is 65.5 Å². The molecule has 6 nitrogen and oxygen atoms in total. The van der Waals surface area contributed by atoms with Crippen LogP contribution in [0.15, 0.2) is 48.7 Å². The van der Waals surface area contributed by atoms with Crippen molar-refractivity contribution in [3.8, 4) is 0 Å². The van der Waals surface area contributed by atoms with Crippen molar-refractivity contribution in [1.29, 1.82) is 0 Å². The zero-order valence-electron chi connectivity index (χ0n) is 15.2. The molecule has 0 bridgehead atoms. The van der Waals surface area contributed by atoms with Crippen molar-refractivity contribution in [2.75, 3.05) is 39.4 Å². The van der Waals surface area contributed by atoms with Crippen LogP contribution < -0.4 is 5.32 Å². The van der Waals surface area contributed by atoms with E-state index in [9.17, 15) is 9.90 Å². The summed E-state index contributed by atoms with van der Waals surface area (Å²) in [4.78, 5) is 14.7. The predicted molar refractivity (Wildman–Crippen MR) is 100 cm³/mol. The van der Waals surface area contributed by atoms with Crippen LogP contribution >= 0.6 is 0 Å². The van der Waals surface area contributed by atoms with E-state index >= 15 is 0 Å². The number of morpholine rings is 1. The van der Waals surface area contributed by atoms with E-state index in [4.69, 9.17) is 4.74 Å². The number of hydrogen-bond donors (Lipinski definition) is 2. The van der Waals surface area contributed by atoms with Gasteiger partial charge in [-0.1, -0.05) is 30.3 Å². The Bertz CT molecular complexity index is 706. The van der Waals surface area contributed by atoms with Crippen LogP contribution in [0, 0.1) is 0 Å². The van der Waals surface area contributed by atoms with E-state index in [2.05, 4.69) is 10.2 Å². The molecule has 1 aliphatic rings. The summed E-state index contributed by atoms with van der Waals surface area (Å²) in [5.74, 6) is -0.173. The molecular weight excluding hydrogens is 330 g/mol. The van der Waals surface area contributed by atoms with Crippen molar-refractivity contribution in [1.82, 2.24) is 14.8 Å². The summed E-state index contributed by atoms with van der Waals surface area (Å²) in [6, 6.07) is 13.7. The molecule has 2 aromatic rings. The Morgan fingerprint density at radius 1 is 1.19 bits per heavy atom. The fourth-order valence-corrected chi connectivity index (χ4v) is 3.20. The number of rotatable bonds is 7. The molecule has 0 radical (unpaired) electrons. The van der Waals surface area contributed by atoms with Crippen molar-refractivity contribution in [2.45, 2.75) is 19.1 Å². The van der Waals surface area contributed by atoms with E-state index in [1.807, 2.05) is 47.2 Å². The Hall–Kier alpha value is -2.15. The number of hydrogen-bond acceptors (Lipinski definition) is 4. The Balaban J connectivity index is 1.55. The zero-order chi connectivity index (χ0) is 18.4. The molecule has 0 unspecified atom stereocenters. The van der Waals surface area contributed by atoms with Gasteiger partial charge >= 0.3 is 0 Å². The molecule has 1 amide bonds. The molecule has 6 heteroatoms. The number of β-amino-alcohol motifs (C(OH)–C–C–N with tert-alkyl or cyclic N) is 1. The van der Waals surface area contributed by atoms with Crippen molar-refractivity contribution < 1.29 is 14.6 Å². The minimum absolute atomic E-state index is 0.173. The lowest BCUT2D eigenvalue weighted by Crippen LogP contribution is -2.51. The fourth-order valence-electron chi connectivity index (χ4n) is 3.20. The fraction of sp³-hybridized carbons (Fsp3) is 0.450. The van der Waals surface area contributed by atoms with Gasteiger partial charge in [-0.15, -0.1) is 0 Å². The topological polar surface area (TPSA) is 66.7 Å². The number of carbonyl (C=O) groups is 1. The molecule has 0 spiro atoms. The number of nitrogens with zero attached hydrogens (tertiary/aromatic N) is 2. The van der Waals surface area contributed by atoms with E-state index in [-0.39, 0.29) is 12.5 Å². The lowest BCUT2D eigenvalue weighted by atomic mass is 10.1. The van der Waals surface area contributed by atoms with Crippen molar-refractivity contribution in [3.63, 3.8) is 0 Å². The van der Waals surface area contributed by atoms with Gasteiger partial charge in [0.25, 0.3) is 5.91 Å². The van der Waals surface area contributed by atoms with Gasteiger partial charge in [0, 0.05) is 38.9 Å². The summed E-state index contributed by atoms with van der Waals surface area (Å²) >= 11 is 0. The quantitative estimate of drug-likeness (QED) is 0.785. The van der Waals surface area contributed by atoms with Gasteiger partial charge in [0.2, 0.25) is 0 Å². The number of nitrogens with one attached hydrogen (secondary N) is 1. The SMILES string of the molecule is C[C@](O)(CNC(=O)c1cccn1Cc1ccccc1)CN1CCOCC1. The first-order valence-corrected chi connectivity index (χ1v) is 9.03. The smallest absolute Gasteiger partial charge is 0.268 e. The molecule has 0 saturated carbocycles. The third-order valence-corrected chi connectivity index (χ3v) is 4.56. The number of carbonyl (C=O) groups excluding carboxylic acids is 1. The third-order valence-electron chi connectivity index (χ3n) is 4.56. The van der Waals surface area contributed by atoms with E-state index in [1.54, 1.807) is 13.0 Å². The summed E-state index contributed by atoms with van der Waals surface area (Å²) < 4.78 is 7.25. The van der Waals surface area contributed by atoms with Crippen LogP contribution in [0.3, 0.4) is 0 Å². The van der Waals surface area contributed by atoms with Crippen LogP contribution in [0.1, 0.15) is 23.0 Å². The van der Waals surface area contributed by atoms with Gasteiger partial charge < -0.3 is 19.7 Å². The highest BCUT2D eigenvalue weighted by molar-refractivity contribution is 5.92. The van der Waals surface area contributed by atoms with Crippen LogP contribution in [0.4, 0.5) is 0 Å². The molecule has 26 heavy (non-hydrogen) atoms. The second kappa shape index (κ2) is 8.49. The maximum absolute atomic E-state index is 12.6. The number of aliphatic hydroxyl groups is 1. The summed E-state index contributed by atoms with van der Waals surface area (Å²) in [7, 11) is 0. The largest absolute Gasteiger partial charge is 0.387 e. The molecule has 1 aromatic carbocycles. The first-order chi connectivity index (χ1) is 12.5. The monoisotopic (exact) mass is 357 g/mol. The van der Waals surface area contributed by atoms with Gasteiger partial charge in [0.15, 0.2) is 0 Å². The van der Waals surface area contributed by atoms with Crippen molar-refractivity contribution in [3.05, 3.63) is 59.9 Å². The van der Waals surface area contributed by atoms with E-state index in [0.29, 0.717) is 32.0 Å². The standard InChI is InChI=1S/C20H27N3O3/c1-20(25,16-22-10-12-26-13-11-22)15-21-19(24)18-8-5-9-23(18)14-17-6-3-2-4-7-17/h2-9,25H,10-16H2,1H3,(H,21,24)/t20-/m0/s1. The van der Waals surface area contributed by atoms with Crippen molar-refractivity contribution in [2.24, 2.45) is 0 Å². The highest BCUT2D eigenvalue weighted by atomic mass is 16.5. The summed E-state index contributed by atoms with van der Waals surface area (Å²) in [5, 5.41) is 13.5. The number of ether oxygens (including phenoxy) is 1. The number of benzene rings is 1. The number of amides is 1. The lowest BCUT2D eigenvalue weighted by Gasteiger charge is -2.33. The Morgan fingerprint density at radius 2 is 1.92 bits per heavy atom. The Kier molecular flexibility index (Phi) is 6.08. The van der Waals surface area contributed by atoms with E-state index in [1.165, 1.54) is 0 Å². The summed E-state index contributed by atoms with van der Waals surface area (Å²) in [6.45, 7) is 6.12. The first-order valence-electron chi connectivity index (χ1n) is 9.03. The summed E-state index contributed by atoms with van der Waals surface area (Å²) in [6.07, 6.45) is 1.90. The van der Waals surface area contributed by atoms with Gasteiger partial charge in [0.05, 0.1) is 18.8 Å². The van der Waals surface area contributed by atoms with Gasteiger partial charge in [-0.3, -0.25) is 9.69 Å². The average Bonchev–Trinajstić information content (AvgIpc) is 3.09. The summed E-state index contributed by atoms with van der Waals surface area (Å²) in [5.41, 5.74) is 0.747. The highest BCUT2D eigenvalue weighted by Gasteiger charge is 2.26. The second-order valence-corrected chi connectivity index (χ2v) is 7.08. The van der Waals surface area contributed by atoms with Gasteiger partial charge in [-0.2, -0.15) is 0 Å². The van der Waals surface area contributed by atoms with Crippen molar-refractivity contribution >= 4 is 5.91 Å². The van der Waals surface area contributed by atoms with Crippen LogP contribution in [0.25, 0.3) is 0 Å². The van der Waals surface area contributed by atoms with Crippen LogP contribution in [0.2, 0.25) is 0 Å². The molecule has 140 valence electrons. The molecule has 1 fully saturated rings. The predicted octanol–water partition coefficient (Wildman–Crippen LogP) is 1.35. The molecule has 1 atom stereocenters.